The van der Waals surface area contributed by atoms with Gasteiger partial charge in [-0.15, -0.1) is 0 Å². The Morgan fingerprint density at radius 3 is 2.48 bits per heavy atom. The van der Waals surface area contributed by atoms with Crippen LogP contribution in [0.15, 0.2) is 16.8 Å². The number of aliphatic hydroxyl groups is 2. The van der Waals surface area contributed by atoms with Crippen LogP contribution in [0.3, 0.4) is 0 Å². The van der Waals surface area contributed by atoms with Gasteiger partial charge in [0.2, 0.25) is 0 Å². The van der Waals surface area contributed by atoms with Gasteiger partial charge in [-0.25, -0.2) is 0 Å². The molecule has 0 heterocycles. The van der Waals surface area contributed by atoms with Crippen molar-refractivity contribution >= 4 is 5.71 Å². The van der Waals surface area contributed by atoms with E-state index in [0.717, 1.165) is 35.5 Å². The van der Waals surface area contributed by atoms with Crippen LogP contribution in [-0.4, -0.2) is 33.3 Å². The molecule has 0 amide bonds. The van der Waals surface area contributed by atoms with Gasteiger partial charge in [-0.05, 0) is 96.5 Å². The van der Waals surface area contributed by atoms with Crippen LogP contribution >= 0.6 is 0 Å². The minimum atomic E-state index is -0.854. The fourth-order valence-electron chi connectivity index (χ4n) is 8.73. The Balaban J connectivity index is 1.58. The first-order valence-electron chi connectivity index (χ1n) is 12.9. The number of fused-ring (bicyclic) bond motifs is 5. The van der Waals surface area contributed by atoms with Gasteiger partial charge in [-0.1, -0.05) is 59.0 Å². The molecule has 4 heteroatoms. The van der Waals surface area contributed by atoms with Gasteiger partial charge in [0.05, 0.1) is 17.9 Å². The van der Waals surface area contributed by atoms with E-state index in [1.807, 2.05) is 0 Å². The van der Waals surface area contributed by atoms with E-state index in [0.29, 0.717) is 29.6 Å². The number of aliphatic hydroxyl groups excluding tert-OH is 2. The van der Waals surface area contributed by atoms with Crippen molar-refractivity contribution in [2.45, 2.75) is 105 Å². The van der Waals surface area contributed by atoms with Gasteiger partial charge >= 0.3 is 0 Å². The molecule has 176 valence electrons. The lowest BCUT2D eigenvalue weighted by Gasteiger charge is -2.59. The summed E-state index contributed by atoms with van der Waals surface area (Å²) >= 11 is 0. The monoisotopic (exact) mass is 431 g/mol. The molecule has 0 aromatic rings. The van der Waals surface area contributed by atoms with Crippen LogP contribution in [0.5, 0.6) is 0 Å². The Bertz CT molecular complexity index is 730. The topological polar surface area (TPSA) is 73.1 Å². The molecule has 0 aromatic heterocycles. The molecule has 0 aromatic carbocycles. The van der Waals surface area contributed by atoms with Gasteiger partial charge < -0.3 is 15.4 Å². The highest BCUT2D eigenvalue weighted by atomic mass is 16.4. The van der Waals surface area contributed by atoms with Crippen molar-refractivity contribution in [2.75, 3.05) is 0 Å². The fraction of sp³-hybridized carbons (Fsp3) is 0.889. The van der Waals surface area contributed by atoms with Crippen molar-refractivity contribution in [3.8, 4) is 0 Å². The number of allylic oxidation sites excluding steroid dienone is 1. The second kappa shape index (κ2) is 8.48. The first kappa shape index (κ1) is 23.3. The summed E-state index contributed by atoms with van der Waals surface area (Å²) in [6.45, 7) is 12.0. The molecule has 3 N–H and O–H groups in total. The van der Waals surface area contributed by atoms with Crippen molar-refractivity contribution in [2.24, 2.45) is 51.5 Å². The molecule has 0 spiro atoms. The van der Waals surface area contributed by atoms with Gasteiger partial charge in [-0.3, -0.25) is 0 Å². The van der Waals surface area contributed by atoms with Crippen LogP contribution in [-0.2, 0) is 0 Å². The van der Waals surface area contributed by atoms with E-state index in [1.54, 1.807) is 6.08 Å². The molecular formula is C27H45NO3. The van der Waals surface area contributed by atoms with Crippen LogP contribution in [0.2, 0.25) is 0 Å². The van der Waals surface area contributed by atoms with E-state index >= 15 is 0 Å². The summed E-state index contributed by atoms with van der Waals surface area (Å²) in [7, 11) is 0. The van der Waals surface area contributed by atoms with Gasteiger partial charge in [0.1, 0.15) is 0 Å². The fourth-order valence-corrected chi connectivity index (χ4v) is 8.73. The molecule has 0 saturated heterocycles. The Hall–Kier alpha value is -0.870. The summed E-state index contributed by atoms with van der Waals surface area (Å²) in [6.07, 6.45) is 10.7. The molecule has 0 bridgehead atoms. The highest BCUT2D eigenvalue weighted by Crippen LogP contribution is 2.67. The molecule has 4 nitrogen and oxygen atoms in total. The zero-order valence-corrected chi connectivity index (χ0v) is 20.3. The number of rotatable bonds is 5. The van der Waals surface area contributed by atoms with E-state index < -0.39 is 12.2 Å². The highest BCUT2D eigenvalue weighted by molar-refractivity contribution is 6.02. The maximum Gasteiger partial charge on any atom is 0.0986 e. The van der Waals surface area contributed by atoms with E-state index in [1.165, 1.54) is 44.9 Å². The zero-order chi connectivity index (χ0) is 22.6. The first-order valence-corrected chi connectivity index (χ1v) is 12.9. The van der Waals surface area contributed by atoms with E-state index in [2.05, 4.69) is 39.8 Å². The predicted octanol–water partition coefficient (Wildman–Crippen LogP) is 5.80. The minimum Gasteiger partial charge on any atom is -0.411 e. The van der Waals surface area contributed by atoms with Crippen molar-refractivity contribution in [3.63, 3.8) is 0 Å². The summed E-state index contributed by atoms with van der Waals surface area (Å²) in [5.41, 5.74) is 1.93. The lowest BCUT2D eigenvalue weighted by molar-refractivity contribution is -0.0688. The molecule has 0 unspecified atom stereocenters. The predicted molar refractivity (Wildman–Crippen MR) is 125 cm³/mol. The normalized spacial score (nSPS) is 47.0. The van der Waals surface area contributed by atoms with E-state index in [9.17, 15) is 15.4 Å². The maximum absolute atomic E-state index is 10.5. The number of hydrogen-bond donors (Lipinski definition) is 3. The summed E-state index contributed by atoms with van der Waals surface area (Å²) < 4.78 is 0. The van der Waals surface area contributed by atoms with E-state index in [4.69, 9.17) is 0 Å². The molecule has 0 aliphatic heterocycles. The summed E-state index contributed by atoms with van der Waals surface area (Å²) in [6, 6.07) is 0. The molecule has 3 saturated carbocycles. The first-order chi connectivity index (χ1) is 14.6. The van der Waals surface area contributed by atoms with Gasteiger partial charge in [-0.2, -0.15) is 0 Å². The number of hydrogen-bond acceptors (Lipinski definition) is 4. The molecule has 9 atom stereocenters. The lowest BCUT2D eigenvalue weighted by Crippen LogP contribution is -2.55. The third-order valence-corrected chi connectivity index (χ3v) is 10.3. The number of nitrogens with zero attached hydrogens (tertiary/aromatic N) is 1. The molecule has 0 radical (unpaired) electrons. The summed E-state index contributed by atoms with van der Waals surface area (Å²) in [5.74, 6) is 4.05. The smallest absolute Gasteiger partial charge is 0.0986 e. The third kappa shape index (κ3) is 3.80. The summed E-state index contributed by atoms with van der Waals surface area (Å²) in [4.78, 5) is 0. The lowest BCUT2D eigenvalue weighted by atomic mass is 9.46. The van der Waals surface area contributed by atoms with Crippen LogP contribution in [0.4, 0.5) is 0 Å². The second-order valence-electron chi connectivity index (χ2n) is 12.4. The van der Waals surface area contributed by atoms with Crippen molar-refractivity contribution in [1.29, 1.82) is 0 Å². The largest absolute Gasteiger partial charge is 0.411 e. The molecular weight excluding hydrogens is 386 g/mol. The Labute approximate surface area is 189 Å². The maximum atomic E-state index is 10.5. The van der Waals surface area contributed by atoms with Crippen molar-refractivity contribution < 1.29 is 15.4 Å². The number of oxime groups is 1. The minimum absolute atomic E-state index is 0.203. The van der Waals surface area contributed by atoms with E-state index in [-0.39, 0.29) is 5.41 Å². The van der Waals surface area contributed by atoms with Gasteiger partial charge in [0.15, 0.2) is 0 Å². The van der Waals surface area contributed by atoms with Crippen LogP contribution in [0.1, 0.15) is 92.4 Å². The van der Waals surface area contributed by atoms with Crippen LogP contribution < -0.4 is 0 Å². The average Bonchev–Trinajstić information content (AvgIpc) is 3.06. The summed E-state index contributed by atoms with van der Waals surface area (Å²) in [5, 5.41) is 34.4. The quantitative estimate of drug-likeness (QED) is 0.380. The molecule has 4 aliphatic rings. The molecule has 4 rings (SSSR count). The van der Waals surface area contributed by atoms with Crippen LogP contribution in [0, 0.1) is 46.3 Å². The van der Waals surface area contributed by atoms with Crippen molar-refractivity contribution in [1.82, 2.24) is 0 Å². The molecule has 3 fully saturated rings. The Morgan fingerprint density at radius 2 is 1.81 bits per heavy atom. The average molecular weight is 432 g/mol. The zero-order valence-electron chi connectivity index (χ0n) is 20.3. The molecule has 31 heavy (non-hydrogen) atoms. The third-order valence-electron chi connectivity index (χ3n) is 10.3. The second-order valence-corrected chi connectivity index (χ2v) is 12.4. The van der Waals surface area contributed by atoms with Gasteiger partial charge in [0, 0.05) is 0 Å². The van der Waals surface area contributed by atoms with Gasteiger partial charge in [0.25, 0.3) is 0 Å². The standard InChI is InChI=1S/C27H45NO3/c1-16(2)7-6-8-17(3)19-9-10-20-18-13-23(28-31)22-14-24(29)25(30)15-27(22,5)21(18)11-12-26(19,20)4/h14,16-21,24-25,29-31H,6-13,15H2,1-5H3/b28-23+/t17-,18+,19-,20+,21+,24-,25+,26-,27-/m1/s1. The van der Waals surface area contributed by atoms with Crippen molar-refractivity contribution in [3.05, 3.63) is 11.6 Å². The molecule has 4 aliphatic carbocycles. The Kier molecular flexibility index (Phi) is 6.37. The highest BCUT2D eigenvalue weighted by Gasteiger charge is 2.61. The Morgan fingerprint density at radius 1 is 1.06 bits per heavy atom. The van der Waals surface area contributed by atoms with Crippen LogP contribution in [0.25, 0.3) is 0 Å². The SMILES string of the molecule is CC(C)CCC[C@@H](C)[C@H]1CC[C@H]2[C@@H]3C/C(=N\O)C4=C[C@@H](O)[C@@H](O)C[C@]4(C)[C@H]3CC[C@]12C.